The molecule has 8 heteroatoms. The summed E-state index contributed by atoms with van der Waals surface area (Å²) in [6.45, 7) is 5.54. The van der Waals surface area contributed by atoms with Crippen molar-refractivity contribution >= 4 is 17.2 Å². The predicted molar refractivity (Wildman–Crippen MR) is 130 cm³/mol. The Balaban J connectivity index is 1.42. The number of benzene rings is 2. The minimum absolute atomic E-state index is 0.0653. The van der Waals surface area contributed by atoms with Gasteiger partial charge in [-0.2, -0.15) is 0 Å². The Hall–Kier alpha value is -3.10. The highest BCUT2D eigenvalue weighted by Gasteiger charge is 2.27. The third-order valence-corrected chi connectivity index (χ3v) is 7.05. The third-order valence-electron chi connectivity index (χ3n) is 5.85. The molecule has 1 aromatic heterocycles. The maximum atomic E-state index is 13.2. The molecule has 2 aromatic carbocycles. The van der Waals surface area contributed by atoms with Crippen molar-refractivity contribution in [1.82, 2.24) is 14.8 Å². The van der Waals surface area contributed by atoms with Crippen LogP contribution in [0.4, 0.5) is 0 Å². The average Bonchev–Trinajstić information content (AvgIpc) is 3.25. The second-order valence-electron chi connectivity index (χ2n) is 7.86. The van der Waals surface area contributed by atoms with Crippen LogP contribution in [0, 0.1) is 6.92 Å². The fraction of sp³-hybridized carbons (Fsp3) is 0.360. The maximum Gasteiger partial charge on any atom is 0.265 e. The Morgan fingerprint density at radius 2 is 1.64 bits per heavy atom. The smallest absolute Gasteiger partial charge is 0.265 e. The number of methoxy groups -OCH3 is 3. The minimum atomic E-state index is 0.0653. The Morgan fingerprint density at radius 1 is 0.939 bits per heavy atom. The van der Waals surface area contributed by atoms with Gasteiger partial charge in [0.2, 0.25) is 5.75 Å². The molecule has 0 aliphatic carbocycles. The van der Waals surface area contributed by atoms with Gasteiger partial charge >= 0.3 is 0 Å². The number of carbonyl (C=O) groups excluding carboxylic acids is 1. The molecular weight excluding hydrogens is 438 g/mol. The molecule has 0 N–H and O–H groups in total. The quantitative estimate of drug-likeness (QED) is 0.521. The number of aryl methyl sites for hydroxylation is 1. The van der Waals surface area contributed by atoms with Gasteiger partial charge in [-0.05, 0) is 13.0 Å². The molecule has 1 aliphatic heterocycles. The van der Waals surface area contributed by atoms with Crippen LogP contribution in [0.1, 0.15) is 20.9 Å². The predicted octanol–water partition coefficient (Wildman–Crippen LogP) is 4.10. The number of thiazole rings is 1. The van der Waals surface area contributed by atoms with Gasteiger partial charge in [0.05, 0.1) is 27.0 Å². The van der Waals surface area contributed by atoms with Crippen molar-refractivity contribution in [2.24, 2.45) is 0 Å². The number of hydrogen-bond acceptors (Lipinski definition) is 7. The van der Waals surface area contributed by atoms with E-state index >= 15 is 0 Å². The molecule has 1 saturated heterocycles. The molecule has 0 spiro atoms. The number of piperazine rings is 1. The number of ether oxygens (including phenoxy) is 3. The van der Waals surface area contributed by atoms with Gasteiger partial charge < -0.3 is 19.1 Å². The molecule has 0 radical (unpaired) electrons. The lowest BCUT2D eigenvalue weighted by Crippen LogP contribution is -2.48. The lowest BCUT2D eigenvalue weighted by molar-refractivity contribution is 0.0631. The molecular formula is C25H29N3O4S. The van der Waals surface area contributed by atoms with Gasteiger partial charge in [0.1, 0.15) is 9.88 Å². The molecule has 0 atom stereocenters. The summed E-state index contributed by atoms with van der Waals surface area (Å²) in [6, 6.07) is 13.9. The molecule has 3 aromatic rings. The number of carbonyl (C=O) groups is 1. The first kappa shape index (κ1) is 23.1. The number of nitrogens with zero attached hydrogens (tertiary/aromatic N) is 3. The molecule has 0 bridgehead atoms. The minimum Gasteiger partial charge on any atom is -0.493 e. The van der Waals surface area contributed by atoms with Crippen LogP contribution in [0.2, 0.25) is 0 Å². The number of rotatable bonds is 7. The number of aromatic nitrogens is 1. The average molecular weight is 468 g/mol. The van der Waals surface area contributed by atoms with Crippen molar-refractivity contribution in [1.29, 1.82) is 0 Å². The van der Waals surface area contributed by atoms with Gasteiger partial charge in [0.15, 0.2) is 11.5 Å². The van der Waals surface area contributed by atoms with E-state index in [4.69, 9.17) is 14.2 Å². The van der Waals surface area contributed by atoms with Crippen LogP contribution in [-0.4, -0.2) is 68.2 Å². The van der Waals surface area contributed by atoms with E-state index in [0.717, 1.165) is 39.8 Å². The van der Waals surface area contributed by atoms with Crippen LogP contribution in [0.15, 0.2) is 42.5 Å². The van der Waals surface area contributed by atoms with E-state index in [1.54, 1.807) is 21.3 Å². The summed E-state index contributed by atoms with van der Waals surface area (Å²) >= 11 is 1.47. The number of hydrogen-bond donors (Lipinski definition) is 0. The zero-order valence-electron chi connectivity index (χ0n) is 19.5. The summed E-state index contributed by atoms with van der Waals surface area (Å²) in [4.78, 5) is 22.8. The van der Waals surface area contributed by atoms with Crippen LogP contribution in [0.3, 0.4) is 0 Å². The summed E-state index contributed by atoms with van der Waals surface area (Å²) in [5, 5.41) is 0.885. The second kappa shape index (κ2) is 10.2. The van der Waals surface area contributed by atoms with Crippen molar-refractivity contribution < 1.29 is 19.0 Å². The lowest BCUT2D eigenvalue weighted by Gasteiger charge is -2.35. The summed E-state index contributed by atoms with van der Waals surface area (Å²) in [6.07, 6.45) is 0. The summed E-state index contributed by atoms with van der Waals surface area (Å²) < 4.78 is 16.5. The third kappa shape index (κ3) is 4.82. The van der Waals surface area contributed by atoms with E-state index in [1.165, 1.54) is 11.3 Å². The van der Waals surface area contributed by atoms with E-state index < -0.39 is 0 Å². The van der Waals surface area contributed by atoms with Crippen molar-refractivity contribution in [3.63, 3.8) is 0 Å². The van der Waals surface area contributed by atoms with Gasteiger partial charge in [0, 0.05) is 43.9 Å². The highest BCUT2D eigenvalue weighted by Crippen LogP contribution is 2.40. The summed E-state index contributed by atoms with van der Waals surface area (Å²) in [5.41, 5.74) is 2.86. The van der Waals surface area contributed by atoms with E-state index in [0.29, 0.717) is 36.9 Å². The van der Waals surface area contributed by atoms with Crippen LogP contribution < -0.4 is 14.2 Å². The fourth-order valence-electron chi connectivity index (χ4n) is 4.08. The van der Waals surface area contributed by atoms with Crippen LogP contribution >= 0.6 is 11.3 Å². The molecule has 7 nitrogen and oxygen atoms in total. The normalized spacial score (nSPS) is 14.2. The van der Waals surface area contributed by atoms with E-state index in [1.807, 2.05) is 54.3 Å². The topological polar surface area (TPSA) is 64.1 Å². The lowest BCUT2D eigenvalue weighted by atomic mass is 10.1. The molecule has 4 rings (SSSR count). The fourth-order valence-corrected chi connectivity index (χ4v) is 5.12. The van der Waals surface area contributed by atoms with Crippen molar-refractivity contribution in [2.45, 2.75) is 13.5 Å². The molecule has 33 heavy (non-hydrogen) atoms. The van der Waals surface area contributed by atoms with E-state index in [2.05, 4.69) is 9.88 Å². The molecule has 0 unspecified atom stereocenters. The summed E-state index contributed by atoms with van der Waals surface area (Å²) in [5.74, 6) is 1.99. The maximum absolute atomic E-state index is 13.2. The van der Waals surface area contributed by atoms with Gasteiger partial charge in [-0.1, -0.05) is 36.4 Å². The Kier molecular flexibility index (Phi) is 7.15. The Bertz CT molecular complexity index is 1110. The monoisotopic (exact) mass is 467 g/mol. The largest absolute Gasteiger partial charge is 0.493 e. The van der Waals surface area contributed by atoms with Gasteiger partial charge in [-0.25, -0.2) is 4.98 Å². The van der Waals surface area contributed by atoms with Gasteiger partial charge in [-0.15, -0.1) is 11.3 Å². The van der Waals surface area contributed by atoms with Gasteiger partial charge in [0.25, 0.3) is 5.91 Å². The molecule has 174 valence electrons. The number of amides is 1. The van der Waals surface area contributed by atoms with Crippen LogP contribution in [-0.2, 0) is 6.54 Å². The summed E-state index contributed by atoms with van der Waals surface area (Å²) in [7, 11) is 4.86. The molecule has 1 aliphatic rings. The van der Waals surface area contributed by atoms with Crippen molar-refractivity contribution in [2.75, 3.05) is 47.5 Å². The highest BCUT2D eigenvalue weighted by atomic mass is 32.1. The molecule has 0 saturated carbocycles. The van der Waals surface area contributed by atoms with Crippen LogP contribution in [0.25, 0.3) is 10.6 Å². The van der Waals surface area contributed by atoms with Crippen molar-refractivity contribution in [3.05, 3.63) is 58.6 Å². The zero-order chi connectivity index (χ0) is 23.4. The zero-order valence-corrected chi connectivity index (χ0v) is 20.3. The van der Waals surface area contributed by atoms with E-state index in [9.17, 15) is 4.79 Å². The molecule has 1 fully saturated rings. The second-order valence-corrected chi connectivity index (χ2v) is 8.86. The molecule has 1 amide bonds. The van der Waals surface area contributed by atoms with Crippen LogP contribution in [0.5, 0.6) is 17.2 Å². The standard InChI is InChI=1S/C25H29N3O4S/c1-17-23(33-24(26-17)18-8-6-5-7-9-18)25(29)28-14-12-27(13-15-28)16-19-10-11-20(30-2)22(32-4)21(19)31-3/h5-11H,12-16H2,1-4H3. The SMILES string of the molecule is COc1ccc(CN2CCN(C(=O)c3sc(-c4ccccc4)nc3C)CC2)c(OC)c1OC. The first-order valence-corrected chi connectivity index (χ1v) is 11.7. The van der Waals surface area contributed by atoms with Gasteiger partial charge in [-0.3, -0.25) is 9.69 Å². The first-order valence-electron chi connectivity index (χ1n) is 10.9. The highest BCUT2D eigenvalue weighted by molar-refractivity contribution is 7.17. The molecule has 2 heterocycles. The Labute approximate surface area is 198 Å². The van der Waals surface area contributed by atoms with E-state index in [-0.39, 0.29) is 5.91 Å². The first-order chi connectivity index (χ1) is 16.0. The Morgan fingerprint density at radius 3 is 2.27 bits per heavy atom. The van der Waals surface area contributed by atoms with Crippen molar-refractivity contribution in [3.8, 4) is 27.8 Å².